The summed E-state index contributed by atoms with van der Waals surface area (Å²) in [6.07, 6.45) is 1.08. The number of hydrogen-bond acceptors (Lipinski definition) is 4. The van der Waals surface area contributed by atoms with Gasteiger partial charge in [0.05, 0.1) is 0 Å². The Hall–Kier alpha value is -1.70. The van der Waals surface area contributed by atoms with Gasteiger partial charge in [0.1, 0.15) is 10.3 Å². The average Bonchev–Trinajstić information content (AvgIpc) is 3.10. The summed E-state index contributed by atoms with van der Waals surface area (Å²) >= 11 is 1.13. The molecule has 1 aromatic heterocycles. The van der Waals surface area contributed by atoms with Gasteiger partial charge < -0.3 is 5.32 Å². The van der Waals surface area contributed by atoms with Gasteiger partial charge in [0, 0.05) is 6.04 Å². The van der Waals surface area contributed by atoms with Crippen LogP contribution in [0.4, 0.5) is 0 Å². The molecule has 0 aliphatic rings. The molecule has 0 saturated heterocycles. The van der Waals surface area contributed by atoms with Gasteiger partial charge in [0.25, 0.3) is 10.0 Å². The molecule has 130 valence electrons. The Morgan fingerprint density at radius 1 is 1.17 bits per heavy atom. The zero-order valence-corrected chi connectivity index (χ0v) is 15.4. The Morgan fingerprint density at radius 2 is 1.88 bits per heavy atom. The monoisotopic (exact) mass is 366 g/mol. The number of thiophene rings is 1. The second-order valence-electron chi connectivity index (χ2n) is 5.61. The lowest BCUT2D eigenvalue weighted by atomic mass is 10.1. The predicted molar refractivity (Wildman–Crippen MR) is 96.5 cm³/mol. The Labute approximate surface area is 147 Å². The lowest BCUT2D eigenvalue weighted by Gasteiger charge is -2.20. The second-order valence-corrected chi connectivity index (χ2v) is 8.50. The Bertz CT molecular complexity index is 743. The maximum atomic E-state index is 12.5. The first-order valence-electron chi connectivity index (χ1n) is 7.82. The number of nitrogens with one attached hydrogen (secondary N) is 2. The van der Waals surface area contributed by atoms with E-state index >= 15 is 0 Å². The highest BCUT2D eigenvalue weighted by Crippen LogP contribution is 2.16. The molecule has 1 amide bonds. The van der Waals surface area contributed by atoms with Gasteiger partial charge in [-0.2, -0.15) is 4.72 Å². The summed E-state index contributed by atoms with van der Waals surface area (Å²) in [6, 6.07) is 11.7. The van der Waals surface area contributed by atoms with Crippen molar-refractivity contribution in [2.24, 2.45) is 0 Å². The lowest BCUT2D eigenvalue weighted by Crippen LogP contribution is -2.49. The van der Waals surface area contributed by atoms with Gasteiger partial charge in [-0.05, 0) is 36.8 Å². The number of hydrogen-bond donors (Lipinski definition) is 2. The fraction of sp³-hybridized carbons (Fsp3) is 0.353. The van der Waals surface area contributed by atoms with E-state index in [1.807, 2.05) is 44.2 Å². The molecule has 0 fully saturated rings. The minimum absolute atomic E-state index is 0.0120. The number of rotatable bonds is 8. The van der Waals surface area contributed by atoms with Crippen molar-refractivity contribution in [3.63, 3.8) is 0 Å². The topological polar surface area (TPSA) is 75.3 Å². The van der Waals surface area contributed by atoms with E-state index in [1.165, 1.54) is 6.07 Å². The summed E-state index contributed by atoms with van der Waals surface area (Å²) in [5, 5.41) is 4.55. The Morgan fingerprint density at radius 3 is 2.46 bits per heavy atom. The summed E-state index contributed by atoms with van der Waals surface area (Å²) in [5.74, 6) is -0.312. The van der Waals surface area contributed by atoms with E-state index in [0.717, 1.165) is 23.3 Å². The normalized spacial score (nSPS) is 14.1. The summed E-state index contributed by atoms with van der Waals surface area (Å²) < 4.78 is 27.7. The summed E-state index contributed by atoms with van der Waals surface area (Å²) in [4.78, 5) is 12.5. The van der Waals surface area contributed by atoms with Crippen LogP contribution >= 0.6 is 11.3 Å². The van der Waals surface area contributed by atoms with Crippen molar-refractivity contribution in [2.45, 2.75) is 43.0 Å². The number of carbonyl (C=O) groups is 1. The van der Waals surface area contributed by atoms with Crippen LogP contribution in [0.25, 0.3) is 0 Å². The van der Waals surface area contributed by atoms with Crippen LogP contribution in [-0.4, -0.2) is 26.4 Å². The van der Waals surface area contributed by atoms with Gasteiger partial charge in [-0.1, -0.05) is 43.3 Å². The molecule has 0 radical (unpaired) electrons. The first kappa shape index (κ1) is 18.6. The highest BCUT2D eigenvalue weighted by Gasteiger charge is 2.27. The van der Waals surface area contributed by atoms with Crippen LogP contribution in [0.1, 0.15) is 25.8 Å². The fourth-order valence-electron chi connectivity index (χ4n) is 2.14. The van der Waals surface area contributed by atoms with Crippen molar-refractivity contribution in [1.82, 2.24) is 10.0 Å². The van der Waals surface area contributed by atoms with Crippen LogP contribution in [0.2, 0.25) is 0 Å². The number of sulfonamides is 1. The molecule has 2 rings (SSSR count). The molecule has 5 nitrogen and oxygen atoms in total. The number of amides is 1. The molecule has 0 spiro atoms. The van der Waals surface area contributed by atoms with Gasteiger partial charge in [-0.25, -0.2) is 8.42 Å². The SMILES string of the molecule is CCC(C)NC(=O)C(Cc1ccccc1)NS(=O)(=O)c1cccs1. The number of carbonyl (C=O) groups excluding carboxylic acids is 1. The van der Waals surface area contributed by atoms with E-state index in [9.17, 15) is 13.2 Å². The molecule has 7 heteroatoms. The van der Waals surface area contributed by atoms with E-state index in [4.69, 9.17) is 0 Å². The van der Waals surface area contributed by atoms with Gasteiger partial charge in [-0.15, -0.1) is 11.3 Å². The third-order valence-corrected chi connectivity index (χ3v) is 6.53. The maximum absolute atomic E-state index is 12.5. The fourth-order valence-corrected chi connectivity index (χ4v) is 4.35. The van der Waals surface area contributed by atoms with Gasteiger partial charge in [0.2, 0.25) is 5.91 Å². The molecule has 2 aromatic rings. The maximum Gasteiger partial charge on any atom is 0.250 e. The third kappa shape index (κ3) is 5.15. The lowest BCUT2D eigenvalue weighted by molar-refractivity contribution is -0.123. The van der Waals surface area contributed by atoms with Crippen LogP contribution in [0.3, 0.4) is 0 Å². The molecular weight excluding hydrogens is 344 g/mol. The van der Waals surface area contributed by atoms with E-state index < -0.39 is 16.1 Å². The average molecular weight is 367 g/mol. The standard InChI is InChI=1S/C17H22N2O3S2/c1-3-13(2)18-17(20)15(12-14-8-5-4-6-9-14)19-24(21,22)16-10-7-11-23-16/h4-11,13,15,19H,3,12H2,1-2H3,(H,18,20). The predicted octanol–water partition coefficient (Wildman–Crippen LogP) is 2.55. The molecule has 0 bridgehead atoms. The first-order valence-corrected chi connectivity index (χ1v) is 10.2. The van der Waals surface area contributed by atoms with Crippen LogP contribution in [0.5, 0.6) is 0 Å². The molecule has 0 saturated carbocycles. The van der Waals surface area contributed by atoms with Crippen LogP contribution in [0.15, 0.2) is 52.1 Å². The van der Waals surface area contributed by atoms with Crippen molar-refractivity contribution in [1.29, 1.82) is 0 Å². The van der Waals surface area contributed by atoms with Crippen LogP contribution in [-0.2, 0) is 21.2 Å². The Kier molecular flexibility index (Phi) is 6.53. The molecule has 0 aliphatic carbocycles. The highest BCUT2D eigenvalue weighted by atomic mass is 32.2. The number of benzene rings is 1. The zero-order chi connectivity index (χ0) is 17.6. The van der Waals surface area contributed by atoms with E-state index in [2.05, 4.69) is 10.0 Å². The third-order valence-electron chi connectivity index (χ3n) is 3.66. The minimum atomic E-state index is -3.72. The summed E-state index contributed by atoms with van der Waals surface area (Å²) in [5.41, 5.74) is 0.899. The van der Waals surface area contributed by atoms with Gasteiger partial charge >= 0.3 is 0 Å². The molecule has 2 unspecified atom stereocenters. The van der Waals surface area contributed by atoms with Crippen molar-refractivity contribution in [3.8, 4) is 0 Å². The molecular formula is C17H22N2O3S2. The quantitative estimate of drug-likeness (QED) is 0.754. The van der Waals surface area contributed by atoms with E-state index in [-0.39, 0.29) is 16.2 Å². The van der Waals surface area contributed by atoms with Crippen LogP contribution in [0, 0.1) is 0 Å². The molecule has 0 aliphatic heterocycles. The molecule has 1 aromatic carbocycles. The summed E-state index contributed by atoms with van der Waals surface area (Å²) in [6.45, 7) is 3.86. The minimum Gasteiger partial charge on any atom is -0.352 e. The first-order chi connectivity index (χ1) is 11.4. The van der Waals surface area contributed by atoms with Crippen molar-refractivity contribution >= 4 is 27.3 Å². The van der Waals surface area contributed by atoms with Gasteiger partial charge in [0.15, 0.2) is 0 Å². The summed E-state index contributed by atoms with van der Waals surface area (Å²) in [7, 11) is -3.72. The van der Waals surface area contributed by atoms with Crippen molar-refractivity contribution < 1.29 is 13.2 Å². The molecule has 24 heavy (non-hydrogen) atoms. The molecule has 2 atom stereocenters. The smallest absolute Gasteiger partial charge is 0.250 e. The second kappa shape index (κ2) is 8.41. The largest absolute Gasteiger partial charge is 0.352 e. The Balaban J connectivity index is 2.20. The van der Waals surface area contributed by atoms with E-state index in [1.54, 1.807) is 11.4 Å². The molecule has 2 N–H and O–H groups in total. The van der Waals surface area contributed by atoms with Crippen molar-refractivity contribution in [2.75, 3.05) is 0 Å². The van der Waals surface area contributed by atoms with Crippen LogP contribution < -0.4 is 10.0 Å². The molecule has 1 heterocycles. The zero-order valence-electron chi connectivity index (χ0n) is 13.7. The van der Waals surface area contributed by atoms with E-state index in [0.29, 0.717) is 6.42 Å². The van der Waals surface area contributed by atoms with Gasteiger partial charge in [-0.3, -0.25) is 4.79 Å². The van der Waals surface area contributed by atoms with Crippen molar-refractivity contribution in [3.05, 3.63) is 53.4 Å². The highest BCUT2D eigenvalue weighted by molar-refractivity contribution is 7.91.